The molecule has 0 radical (unpaired) electrons. The summed E-state index contributed by atoms with van der Waals surface area (Å²) >= 11 is 0. The molecule has 0 heterocycles. The number of amides is 1. The van der Waals surface area contributed by atoms with Crippen LogP contribution in [0.3, 0.4) is 0 Å². The van der Waals surface area contributed by atoms with Gasteiger partial charge in [-0.1, -0.05) is 29.8 Å². The Balaban J connectivity index is 3.09. The number of ether oxygens (including phenoxy) is 1. The van der Waals surface area contributed by atoms with E-state index in [9.17, 15) is 13.2 Å². The molecule has 1 rings (SSSR count). The summed E-state index contributed by atoms with van der Waals surface area (Å²) in [6.07, 6.45) is 4.22. The lowest BCUT2D eigenvalue weighted by molar-refractivity contribution is 0.0390. The summed E-state index contributed by atoms with van der Waals surface area (Å²) in [6, 6.07) is 6.43. The van der Waals surface area contributed by atoms with E-state index in [2.05, 4.69) is 0 Å². The molecule has 5 nitrogen and oxygen atoms in total. The van der Waals surface area contributed by atoms with E-state index in [1.54, 1.807) is 32.9 Å². The second-order valence-electron chi connectivity index (χ2n) is 6.58. The maximum Gasteiger partial charge on any atom is 0.424 e. The minimum atomic E-state index is -3.94. The smallest absolute Gasteiger partial charge is 0.424 e. The average molecular weight is 353 g/mol. The Bertz CT molecular complexity index is 670. The predicted molar refractivity (Wildman–Crippen MR) is 95.4 cm³/mol. The average Bonchev–Trinajstić information content (AvgIpc) is 2.45. The van der Waals surface area contributed by atoms with Gasteiger partial charge in [0.2, 0.25) is 0 Å². The van der Waals surface area contributed by atoms with E-state index < -0.39 is 21.7 Å². The van der Waals surface area contributed by atoms with Gasteiger partial charge in [0.25, 0.3) is 10.0 Å². The molecule has 1 aromatic rings. The second-order valence-corrected chi connectivity index (χ2v) is 8.44. The van der Waals surface area contributed by atoms with Gasteiger partial charge in [0.05, 0.1) is 4.90 Å². The maximum absolute atomic E-state index is 12.8. The van der Waals surface area contributed by atoms with Crippen LogP contribution in [0.15, 0.2) is 41.3 Å². The summed E-state index contributed by atoms with van der Waals surface area (Å²) in [5.74, 6) is 0. The summed E-state index contributed by atoms with van der Waals surface area (Å²) in [7, 11) is -3.94. The topological polar surface area (TPSA) is 63.7 Å². The van der Waals surface area contributed by atoms with Crippen LogP contribution in [0.5, 0.6) is 0 Å². The van der Waals surface area contributed by atoms with Crippen LogP contribution in [0.1, 0.15) is 46.1 Å². The molecule has 0 aromatic heterocycles. The molecule has 0 aliphatic rings. The van der Waals surface area contributed by atoms with E-state index in [-0.39, 0.29) is 11.4 Å². The third kappa shape index (κ3) is 6.00. The minimum absolute atomic E-state index is 0.0788. The number of benzene rings is 1. The second kappa shape index (κ2) is 8.33. The molecule has 0 saturated heterocycles. The zero-order valence-electron chi connectivity index (χ0n) is 15.1. The molecule has 0 spiro atoms. The van der Waals surface area contributed by atoms with Gasteiger partial charge in [-0.2, -0.15) is 0 Å². The summed E-state index contributed by atoms with van der Waals surface area (Å²) in [5, 5.41) is 0. The van der Waals surface area contributed by atoms with Gasteiger partial charge in [-0.15, -0.1) is 0 Å². The molecule has 24 heavy (non-hydrogen) atoms. The van der Waals surface area contributed by atoms with Gasteiger partial charge < -0.3 is 4.74 Å². The summed E-state index contributed by atoms with van der Waals surface area (Å²) in [6.45, 7) is 8.98. The lowest BCUT2D eigenvalue weighted by Gasteiger charge is -2.27. The highest BCUT2D eigenvalue weighted by Crippen LogP contribution is 2.20. The van der Waals surface area contributed by atoms with Crippen LogP contribution >= 0.6 is 0 Å². The molecule has 0 bridgehead atoms. The van der Waals surface area contributed by atoms with Crippen LogP contribution in [0.25, 0.3) is 0 Å². The zero-order valence-corrected chi connectivity index (χ0v) is 15.9. The number of sulfonamides is 1. The van der Waals surface area contributed by atoms with Crippen LogP contribution in [0.2, 0.25) is 0 Å². The Labute approximate surface area is 145 Å². The summed E-state index contributed by atoms with van der Waals surface area (Å²) in [4.78, 5) is 12.5. The largest absolute Gasteiger partial charge is 0.443 e. The number of carbonyl (C=O) groups is 1. The first-order chi connectivity index (χ1) is 11.1. The molecular weight excluding hydrogens is 326 g/mol. The van der Waals surface area contributed by atoms with E-state index >= 15 is 0 Å². The summed E-state index contributed by atoms with van der Waals surface area (Å²) < 4.78 is 31.8. The molecular formula is C18H27NO4S. The number of unbranched alkanes of at least 4 members (excludes halogenated alkanes) is 1. The highest BCUT2D eigenvalue weighted by molar-refractivity contribution is 7.89. The Morgan fingerprint density at radius 2 is 1.79 bits per heavy atom. The van der Waals surface area contributed by atoms with E-state index in [1.807, 2.05) is 26.0 Å². The van der Waals surface area contributed by atoms with E-state index in [1.165, 1.54) is 12.1 Å². The SMILES string of the molecule is C/C=C\CCCN(C(=O)OC(C)(C)C)S(=O)(=O)c1ccc(C)cc1. The van der Waals surface area contributed by atoms with Crippen LogP contribution in [-0.2, 0) is 14.8 Å². The molecule has 0 N–H and O–H groups in total. The first-order valence-electron chi connectivity index (χ1n) is 8.01. The molecule has 0 saturated carbocycles. The van der Waals surface area contributed by atoms with Crippen molar-refractivity contribution in [3.63, 3.8) is 0 Å². The Morgan fingerprint density at radius 1 is 1.21 bits per heavy atom. The fourth-order valence-corrected chi connectivity index (χ4v) is 3.32. The molecule has 6 heteroatoms. The number of rotatable bonds is 6. The number of hydrogen-bond donors (Lipinski definition) is 0. The fraction of sp³-hybridized carbons (Fsp3) is 0.500. The van der Waals surface area contributed by atoms with Crippen molar-refractivity contribution < 1.29 is 17.9 Å². The van der Waals surface area contributed by atoms with Gasteiger partial charge >= 0.3 is 6.09 Å². The molecule has 0 aliphatic heterocycles. The quantitative estimate of drug-likeness (QED) is 0.566. The van der Waals surface area contributed by atoms with Crippen LogP contribution in [0, 0.1) is 6.92 Å². The Morgan fingerprint density at radius 3 is 2.29 bits per heavy atom. The Hall–Kier alpha value is -1.82. The van der Waals surface area contributed by atoms with E-state index in [0.717, 1.165) is 9.87 Å². The van der Waals surface area contributed by atoms with Gasteiger partial charge in [-0.05, 0) is 59.6 Å². The normalized spacial score (nSPS) is 12.4. The zero-order chi connectivity index (χ0) is 18.4. The van der Waals surface area contributed by atoms with Gasteiger partial charge in [-0.25, -0.2) is 17.5 Å². The van der Waals surface area contributed by atoms with E-state index in [0.29, 0.717) is 12.8 Å². The lowest BCUT2D eigenvalue weighted by Crippen LogP contribution is -2.41. The van der Waals surface area contributed by atoms with Crippen molar-refractivity contribution in [2.75, 3.05) is 6.54 Å². The van der Waals surface area contributed by atoms with Crippen LogP contribution in [-0.4, -0.2) is 31.0 Å². The first-order valence-corrected chi connectivity index (χ1v) is 9.45. The molecule has 0 fully saturated rings. The van der Waals surface area contributed by atoms with Crippen molar-refractivity contribution in [1.29, 1.82) is 0 Å². The molecule has 0 unspecified atom stereocenters. The van der Waals surface area contributed by atoms with Gasteiger partial charge in [-0.3, -0.25) is 0 Å². The van der Waals surface area contributed by atoms with Gasteiger partial charge in [0.1, 0.15) is 5.60 Å². The third-order valence-electron chi connectivity index (χ3n) is 3.17. The predicted octanol–water partition coefficient (Wildman–Crippen LogP) is 4.28. The first kappa shape index (κ1) is 20.2. The van der Waals surface area contributed by atoms with Crippen molar-refractivity contribution in [2.24, 2.45) is 0 Å². The molecule has 0 atom stereocenters. The standard InChI is InChI=1S/C18H27NO4S/c1-6-7-8-9-14-19(17(20)23-18(3,4)5)24(21,22)16-12-10-15(2)11-13-16/h6-7,10-13H,8-9,14H2,1-5H3/b7-6-. The molecule has 1 aromatic carbocycles. The highest BCUT2D eigenvalue weighted by Gasteiger charge is 2.32. The van der Waals surface area contributed by atoms with Crippen molar-refractivity contribution in [3.8, 4) is 0 Å². The number of hydrogen-bond acceptors (Lipinski definition) is 4. The number of allylic oxidation sites excluding steroid dienone is 2. The lowest BCUT2D eigenvalue weighted by atomic mass is 10.2. The van der Waals surface area contributed by atoms with Crippen LogP contribution in [0.4, 0.5) is 4.79 Å². The number of nitrogens with zero attached hydrogens (tertiary/aromatic N) is 1. The number of aryl methyl sites for hydroxylation is 1. The highest BCUT2D eigenvalue weighted by atomic mass is 32.2. The van der Waals surface area contributed by atoms with Crippen molar-refractivity contribution in [2.45, 2.75) is 58.0 Å². The van der Waals surface area contributed by atoms with E-state index in [4.69, 9.17) is 4.74 Å². The van der Waals surface area contributed by atoms with Gasteiger partial charge in [0, 0.05) is 6.54 Å². The van der Waals surface area contributed by atoms with Crippen LogP contribution < -0.4 is 0 Å². The van der Waals surface area contributed by atoms with Gasteiger partial charge in [0.15, 0.2) is 0 Å². The third-order valence-corrected chi connectivity index (χ3v) is 4.95. The monoisotopic (exact) mass is 353 g/mol. The molecule has 1 amide bonds. The minimum Gasteiger partial charge on any atom is -0.443 e. The maximum atomic E-state index is 12.8. The Kier molecular flexibility index (Phi) is 7.02. The van der Waals surface area contributed by atoms with Crippen molar-refractivity contribution in [3.05, 3.63) is 42.0 Å². The van der Waals surface area contributed by atoms with Crippen molar-refractivity contribution >= 4 is 16.1 Å². The summed E-state index contributed by atoms with van der Waals surface area (Å²) in [5.41, 5.74) is 0.187. The fourth-order valence-electron chi connectivity index (χ4n) is 1.98. The molecule has 134 valence electrons. The van der Waals surface area contributed by atoms with Crippen molar-refractivity contribution in [1.82, 2.24) is 4.31 Å². The number of carbonyl (C=O) groups excluding carboxylic acids is 1. The molecule has 0 aliphatic carbocycles.